The van der Waals surface area contributed by atoms with Gasteiger partial charge in [-0.15, -0.1) is 0 Å². The highest BCUT2D eigenvalue weighted by molar-refractivity contribution is 5.95. The van der Waals surface area contributed by atoms with Crippen LogP contribution in [0.15, 0.2) is 24.5 Å². The van der Waals surface area contributed by atoms with Crippen LogP contribution in [0.5, 0.6) is 11.5 Å². The molecule has 0 N–H and O–H groups in total. The number of hydrogen-bond acceptors (Lipinski definition) is 7. The summed E-state index contributed by atoms with van der Waals surface area (Å²) in [5.41, 5.74) is 2.78. The van der Waals surface area contributed by atoms with E-state index in [0.29, 0.717) is 17.5 Å². The average Bonchev–Trinajstić information content (AvgIpc) is 3.38. The van der Waals surface area contributed by atoms with Crippen LogP contribution in [0.1, 0.15) is 45.1 Å². The van der Waals surface area contributed by atoms with Crippen molar-refractivity contribution in [1.82, 2.24) is 24.6 Å². The smallest absolute Gasteiger partial charge is 0.226 e. The third-order valence-corrected chi connectivity index (χ3v) is 7.12. The molecule has 0 amide bonds. The number of rotatable bonds is 6. The Balaban J connectivity index is 1.58. The molecule has 0 radical (unpaired) electrons. The molecule has 5 rings (SSSR count). The van der Waals surface area contributed by atoms with Gasteiger partial charge in [-0.2, -0.15) is 5.10 Å². The molecule has 1 saturated heterocycles. The summed E-state index contributed by atoms with van der Waals surface area (Å²) >= 11 is 0. The molecular formula is C25H34N6O2. The molecule has 0 bridgehead atoms. The van der Waals surface area contributed by atoms with Crippen LogP contribution in [0.3, 0.4) is 0 Å². The zero-order valence-electron chi connectivity index (χ0n) is 20.0. The molecule has 1 aromatic carbocycles. The third-order valence-electron chi connectivity index (χ3n) is 7.12. The molecule has 1 saturated carbocycles. The van der Waals surface area contributed by atoms with Gasteiger partial charge < -0.3 is 19.3 Å². The van der Waals surface area contributed by atoms with Crippen molar-refractivity contribution in [3.8, 4) is 22.8 Å². The summed E-state index contributed by atoms with van der Waals surface area (Å²) in [4.78, 5) is 14.8. The molecule has 176 valence electrons. The van der Waals surface area contributed by atoms with Crippen LogP contribution in [-0.2, 0) is 0 Å². The lowest BCUT2D eigenvalue weighted by Gasteiger charge is -2.34. The van der Waals surface area contributed by atoms with Crippen molar-refractivity contribution < 1.29 is 9.47 Å². The largest absolute Gasteiger partial charge is 0.493 e. The number of fused-ring (bicyclic) bond motifs is 1. The zero-order chi connectivity index (χ0) is 22.8. The lowest BCUT2D eigenvalue weighted by atomic mass is 9.96. The monoisotopic (exact) mass is 450 g/mol. The molecule has 0 spiro atoms. The van der Waals surface area contributed by atoms with E-state index in [1.807, 2.05) is 18.3 Å². The van der Waals surface area contributed by atoms with Gasteiger partial charge in [0.1, 0.15) is 0 Å². The van der Waals surface area contributed by atoms with E-state index in [1.165, 1.54) is 32.1 Å². The molecule has 8 nitrogen and oxygen atoms in total. The molecule has 3 heterocycles. The van der Waals surface area contributed by atoms with Gasteiger partial charge in [-0.05, 0) is 25.5 Å². The predicted octanol–water partition coefficient (Wildman–Crippen LogP) is 4.16. The second-order valence-corrected chi connectivity index (χ2v) is 9.02. The van der Waals surface area contributed by atoms with Crippen LogP contribution >= 0.6 is 0 Å². The molecule has 8 heteroatoms. The first kappa shape index (κ1) is 21.9. The van der Waals surface area contributed by atoms with Crippen molar-refractivity contribution in [1.29, 1.82) is 0 Å². The van der Waals surface area contributed by atoms with Gasteiger partial charge in [0, 0.05) is 49.4 Å². The molecule has 2 fully saturated rings. The normalized spacial score (nSPS) is 18.1. The Morgan fingerprint density at radius 1 is 0.939 bits per heavy atom. The maximum absolute atomic E-state index is 5.59. The van der Waals surface area contributed by atoms with Crippen molar-refractivity contribution in [3.05, 3.63) is 24.5 Å². The molecule has 1 aliphatic carbocycles. The number of hydrogen-bond donors (Lipinski definition) is 0. The quantitative estimate of drug-likeness (QED) is 0.559. The van der Waals surface area contributed by atoms with Gasteiger partial charge in [0.25, 0.3) is 0 Å². The lowest BCUT2D eigenvalue weighted by molar-refractivity contribution is 0.270. The Bertz CT molecular complexity index is 1100. The number of nitrogens with zero attached hydrogens (tertiary/aromatic N) is 6. The van der Waals surface area contributed by atoms with Crippen molar-refractivity contribution in [2.75, 3.05) is 51.8 Å². The van der Waals surface area contributed by atoms with E-state index in [4.69, 9.17) is 24.5 Å². The van der Waals surface area contributed by atoms with Crippen LogP contribution in [-0.4, -0.2) is 71.6 Å². The Morgan fingerprint density at radius 3 is 2.36 bits per heavy atom. The molecule has 3 aromatic rings. The summed E-state index contributed by atoms with van der Waals surface area (Å²) in [5.74, 6) is 2.12. The van der Waals surface area contributed by atoms with Crippen LogP contribution in [0.25, 0.3) is 22.2 Å². The average molecular weight is 451 g/mol. The number of benzene rings is 1. The van der Waals surface area contributed by atoms with E-state index in [9.17, 15) is 0 Å². The minimum Gasteiger partial charge on any atom is -0.493 e. The Morgan fingerprint density at radius 2 is 1.67 bits per heavy atom. The molecule has 2 aromatic heterocycles. The van der Waals surface area contributed by atoms with Crippen molar-refractivity contribution in [2.24, 2.45) is 0 Å². The summed E-state index contributed by atoms with van der Waals surface area (Å²) in [6, 6.07) is 4.42. The summed E-state index contributed by atoms with van der Waals surface area (Å²) in [7, 11) is 3.32. The summed E-state index contributed by atoms with van der Waals surface area (Å²) in [6.45, 7) is 7.19. The zero-order valence-corrected chi connectivity index (χ0v) is 20.0. The van der Waals surface area contributed by atoms with Crippen LogP contribution in [0.2, 0.25) is 0 Å². The Kier molecular flexibility index (Phi) is 6.35. The van der Waals surface area contributed by atoms with E-state index in [1.54, 1.807) is 14.2 Å². The Labute approximate surface area is 195 Å². The highest BCUT2D eigenvalue weighted by atomic mass is 16.5. The topological polar surface area (TPSA) is 68.5 Å². The highest BCUT2D eigenvalue weighted by Crippen LogP contribution is 2.37. The molecule has 1 aliphatic heterocycles. The second-order valence-electron chi connectivity index (χ2n) is 9.02. The second kappa shape index (κ2) is 9.55. The van der Waals surface area contributed by atoms with Crippen LogP contribution in [0, 0.1) is 0 Å². The standard InChI is InChI=1S/C25H34N6O2/c1-4-29-10-12-30(13-11-29)25-27-21-15-23(33-3)22(32-2)14-20(21)24(28-25)18-16-26-31(17-18)19-8-6-5-7-9-19/h14-17,19H,4-13H2,1-3H3. The number of anilines is 1. The van der Waals surface area contributed by atoms with E-state index in [2.05, 4.69) is 27.6 Å². The predicted molar refractivity (Wildman–Crippen MR) is 130 cm³/mol. The Hall–Kier alpha value is -2.87. The fourth-order valence-corrected chi connectivity index (χ4v) is 5.07. The van der Waals surface area contributed by atoms with E-state index >= 15 is 0 Å². The minimum atomic E-state index is 0.483. The maximum atomic E-state index is 5.59. The molecule has 0 unspecified atom stereocenters. The maximum Gasteiger partial charge on any atom is 0.226 e. The van der Waals surface area contributed by atoms with Crippen LogP contribution < -0.4 is 14.4 Å². The van der Waals surface area contributed by atoms with E-state index < -0.39 is 0 Å². The number of aromatic nitrogens is 4. The summed E-state index contributed by atoms with van der Waals surface area (Å²) in [5, 5.41) is 5.69. The SMILES string of the molecule is CCN1CCN(c2nc(-c3cnn(C4CCCCC4)c3)c3cc(OC)c(OC)cc3n2)CC1. The van der Waals surface area contributed by atoms with Gasteiger partial charge in [0.15, 0.2) is 11.5 Å². The van der Waals surface area contributed by atoms with E-state index in [-0.39, 0.29) is 0 Å². The van der Waals surface area contributed by atoms with Crippen molar-refractivity contribution in [2.45, 2.75) is 45.1 Å². The van der Waals surface area contributed by atoms with E-state index in [0.717, 1.165) is 60.8 Å². The summed E-state index contributed by atoms with van der Waals surface area (Å²) in [6.07, 6.45) is 10.4. The molecular weight excluding hydrogens is 416 g/mol. The van der Waals surface area contributed by atoms with Gasteiger partial charge in [0.05, 0.1) is 37.7 Å². The van der Waals surface area contributed by atoms with Crippen molar-refractivity contribution in [3.63, 3.8) is 0 Å². The molecule has 2 aliphatic rings. The number of piperazine rings is 1. The summed E-state index contributed by atoms with van der Waals surface area (Å²) < 4.78 is 13.3. The van der Waals surface area contributed by atoms with Crippen LogP contribution in [0.4, 0.5) is 5.95 Å². The third kappa shape index (κ3) is 4.36. The number of methoxy groups -OCH3 is 2. The van der Waals surface area contributed by atoms with Gasteiger partial charge in [0.2, 0.25) is 5.95 Å². The molecule has 0 atom stereocenters. The van der Waals surface area contributed by atoms with Gasteiger partial charge in [-0.3, -0.25) is 4.68 Å². The number of ether oxygens (including phenoxy) is 2. The highest BCUT2D eigenvalue weighted by Gasteiger charge is 2.23. The number of likely N-dealkylation sites (N-methyl/N-ethyl adjacent to an activating group) is 1. The minimum absolute atomic E-state index is 0.483. The fourth-order valence-electron chi connectivity index (χ4n) is 5.07. The first-order valence-corrected chi connectivity index (χ1v) is 12.2. The van der Waals surface area contributed by atoms with Gasteiger partial charge in [-0.25, -0.2) is 9.97 Å². The fraction of sp³-hybridized carbons (Fsp3) is 0.560. The molecule has 33 heavy (non-hydrogen) atoms. The lowest BCUT2D eigenvalue weighted by Crippen LogP contribution is -2.46. The van der Waals surface area contributed by atoms with Gasteiger partial charge >= 0.3 is 0 Å². The van der Waals surface area contributed by atoms with Crippen molar-refractivity contribution >= 4 is 16.9 Å². The van der Waals surface area contributed by atoms with Gasteiger partial charge in [-0.1, -0.05) is 26.2 Å². The first-order valence-electron chi connectivity index (χ1n) is 12.2. The first-order chi connectivity index (χ1) is 16.2.